The van der Waals surface area contributed by atoms with Gasteiger partial charge in [0, 0.05) is 5.56 Å². The number of morpholine rings is 1. The van der Waals surface area contributed by atoms with E-state index < -0.39 is 0 Å². The highest BCUT2D eigenvalue weighted by Crippen LogP contribution is 2.33. The topological polar surface area (TPSA) is 48.0 Å². The fourth-order valence-electron chi connectivity index (χ4n) is 3.22. The van der Waals surface area contributed by atoms with Crippen molar-refractivity contribution in [2.45, 2.75) is 26.0 Å². The number of hydrogen-bond donors (Lipinski definition) is 0. The van der Waals surface area contributed by atoms with Crippen molar-refractivity contribution < 1.29 is 19.0 Å². The van der Waals surface area contributed by atoms with Crippen molar-refractivity contribution >= 4 is 5.91 Å². The zero-order chi connectivity index (χ0) is 17.4. The molecule has 2 aromatic rings. The lowest BCUT2D eigenvalue weighted by Crippen LogP contribution is -2.48. The molecule has 5 nitrogen and oxygen atoms in total. The highest BCUT2D eigenvalue weighted by atomic mass is 16.7. The molecule has 2 atom stereocenters. The average molecular weight is 339 g/mol. The van der Waals surface area contributed by atoms with E-state index in [1.807, 2.05) is 11.8 Å². The van der Waals surface area contributed by atoms with Crippen LogP contribution in [0.15, 0.2) is 42.5 Å². The number of hydrogen-bond acceptors (Lipinski definition) is 4. The molecular formula is C20H21NO4. The van der Waals surface area contributed by atoms with Crippen LogP contribution in [-0.4, -0.2) is 36.8 Å². The largest absolute Gasteiger partial charge is 0.454 e. The maximum Gasteiger partial charge on any atom is 0.254 e. The van der Waals surface area contributed by atoms with E-state index in [2.05, 4.69) is 31.2 Å². The monoisotopic (exact) mass is 339 g/mol. The summed E-state index contributed by atoms with van der Waals surface area (Å²) in [5, 5.41) is 0. The maximum absolute atomic E-state index is 13.0. The van der Waals surface area contributed by atoms with Crippen LogP contribution in [0.1, 0.15) is 34.5 Å². The minimum atomic E-state index is -0.102. The van der Waals surface area contributed by atoms with E-state index in [1.165, 1.54) is 5.56 Å². The first-order valence-electron chi connectivity index (χ1n) is 8.50. The Hall–Kier alpha value is -2.53. The SMILES string of the molecule is Cc1ccc(C2CN(C(=O)c3ccc4c(c3)OCO4)C(C)CO2)cc1. The van der Waals surface area contributed by atoms with Gasteiger partial charge in [-0.05, 0) is 37.6 Å². The van der Waals surface area contributed by atoms with Gasteiger partial charge >= 0.3 is 0 Å². The summed E-state index contributed by atoms with van der Waals surface area (Å²) in [6.07, 6.45) is -0.102. The van der Waals surface area contributed by atoms with Crippen molar-refractivity contribution in [1.29, 1.82) is 0 Å². The van der Waals surface area contributed by atoms with Crippen molar-refractivity contribution in [2.75, 3.05) is 19.9 Å². The molecule has 0 saturated carbocycles. The summed E-state index contributed by atoms with van der Waals surface area (Å²) >= 11 is 0. The third kappa shape index (κ3) is 3.07. The van der Waals surface area contributed by atoms with Gasteiger partial charge < -0.3 is 19.1 Å². The summed E-state index contributed by atoms with van der Waals surface area (Å²) in [5.41, 5.74) is 2.92. The number of benzene rings is 2. The van der Waals surface area contributed by atoms with Crippen molar-refractivity contribution in [3.8, 4) is 11.5 Å². The summed E-state index contributed by atoms with van der Waals surface area (Å²) in [5.74, 6) is 1.30. The van der Waals surface area contributed by atoms with E-state index in [4.69, 9.17) is 14.2 Å². The maximum atomic E-state index is 13.0. The zero-order valence-electron chi connectivity index (χ0n) is 14.4. The molecule has 0 aromatic heterocycles. The molecule has 25 heavy (non-hydrogen) atoms. The standard InChI is InChI=1S/C20H21NO4/c1-13-3-5-15(6-4-13)19-10-21(14(2)11-23-19)20(22)16-7-8-17-18(9-16)25-12-24-17/h3-9,14,19H,10-12H2,1-2H3. The summed E-state index contributed by atoms with van der Waals surface area (Å²) in [4.78, 5) is 14.9. The van der Waals surface area contributed by atoms with Crippen LogP contribution < -0.4 is 9.47 Å². The van der Waals surface area contributed by atoms with Gasteiger partial charge in [-0.25, -0.2) is 0 Å². The summed E-state index contributed by atoms with van der Waals surface area (Å²) in [7, 11) is 0. The van der Waals surface area contributed by atoms with E-state index >= 15 is 0 Å². The van der Waals surface area contributed by atoms with Gasteiger partial charge in [-0.15, -0.1) is 0 Å². The molecule has 0 bridgehead atoms. The van der Waals surface area contributed by atoms with Crippen LogP contribution in [0.2, 0.25) is 0 Å². The third-order valence-electron chi connectivity index (χ3n) is 4.76. The quantitative estimate of drug-likeness (QED) is 0.842. The Kier molecular flexibility index (Phi) is 4.09. The van der Waals surface area contributed by atoms with Crippen molar-refractivity contribution in [3.05, 3.63) is 59.2 Å². The number of ether oxygens (including phenoxy) is 3. The molecule has 1 amide bonds. The van der Waals surface area contributed by atoms with Crippen molar-refractivity contribution in [2.24, 2.45) is 0 Å². The van der Waals surface area contributed by atoms with Crippen molar-refractivity contribution in [1.82, 2.24) is 4.90 Å². The Labute approximate surface area is 147 Å². The minimum Gasteiger partial charge on any atom is -0.454 e. The smallest absolute Gasteiger partial charge is 0.254 e. The Morgan fingerprint density at radius 3 is 2.64 bits per heavy atom. The van der Waals surface area contributed by atoms with Crippen LogP contribution in [0.3, 0.4) is 0 Å². The number of carbonyl (C=O) groups is 1. The lowest BCUT2D eigenvalue weighted by Gasteiger charge is -2.38. The van der Waals surface area contributed by atoms with E-state index in [0.29, 0.717) is 30.2 Å². The molecule has 2 aromatic carbocycles. The molecule has 5 heteroatoms. The van der Waals surface area contributed by atoms with E-state index in [9.17, 15) is 4.79 Å². The van der Waals surface area contributed by atoms with Crippen molar-refractivity contribution in [3.63, 3.8) is 0 Å². The lowest BCUT2D eigenvalue weighted by atomic mass is 10.0. The highest BCUT2D eigenvalue weighted by molar-refractivity contribution is 5.95. The molecule has 0 N–H and O–H groups in total. The summed E-state index contributed by atoms with van der Waals surface area (Å²) < 4.78 is 16.7. The molecule has 2 heterocycles. The van der Waals surface area contributed by atoms with Gasteiger partial charge in [-0.3, -0.25) is 4.79 Å². The third-order valence-corrected chi connectivity index (χ3v) is 4.76. The summed E-state index contributed by atoms with van der Waals surface area (Å²) in [6, 6.07) is 13.6. The molecule has 1 saturated heterocycles. The predicted octanol–water partition coefficient (Wildman–Crippen LogP) is 3.33. The Morgan fingerprint density at radius 2 is 1.84 bits per heavy atom. The number of amides is 1. The molecule has 130 valence electrons. The number of rotatable bonds is 2. The highest BCUT2D eigenvalue weighted by Gasteiger charge is 2.31. The zero-order valence-corrected chi connectivity index (χ0v) is 14.4. The van der Waals surface area contributed by atoms with Gasteiger partial charge in [0.1, 0.15) is 6.10 Å². The number of aryl methyl sites for hydroxylation is 1. The van der Waals surface area contributed by atoms with Crippen LogP contribution in [0, 0.1) is 6.92 Å². The van der Waals surface area contributed by atoms with Crippen LogP contribution in [0.25, 0.3) is 0 Å². The number of fused-ring (bicyclic) bond motifs is 1. The Morgan fingerprint density at radius 1 is 1.08 bits per heavy atom. The van der Waals surface area contributed by atoms with Crippen LogP contribution in [0.4, 0.5) is 0 Å². The first kappa shape index (κ1) is 16.0. The molecule has 0 aliphatic carbocycles. The van der Waals surface area contributed by atoms with Gasteiger partial charge in [0.2, 0.25) is 6.79 Å². The molecule has 2 aliphatic heterocycles. The average Bonchev–Trinajstić information content (AvgIpc) is 3.10. The second-order valence-electron chi connectivity index (χ2n) is 6.61. The van der Waals surface area contributed by atoms with Gasteiger partial charge in [0.05, 0.1) is 19.2 Å². The molecular weight excluding hydrogens is 318 g/mol. The fourth-order valence-corrected chi connectivity index (χ4v) is 3.22. The molecule has 2 aliphatic rings. The van der Waals surface area contributed by atoms with Crippen LogP contribution >= 0.6 is 0 Å². The Balaban J connectivity index is 1.55. The second-order valence-corrected chi connectivity index (χ2v) is 6.61. The van der Waals surface area contributed by atoms with Gasteiger partial charge in [-0.1, -0.05) is 29.8 Å². The number of carbonyl (C=O) groups excluding carboxylic acids is 1. The molecule has 0 spiro atoms. The first-order valence-corrected chi connectivity index (χ1v) is 8.50. The molecule has 1 fully saturated rings. The van der Waals surface area contributed by atoms with Gasteiger partial charge in [0.25, 0.3) is 5.91 Å². The van der Waals surface area contributed by atoms with Crippen LogP contribution in [-0.2, 0) is 4.74 Å². The lowest BCUT2D eigenvalue weighted by molar-refractivity contribution is -0.0486. The van der Waals surface area contributed by atoms with Gasteiger partial charge in [-0.2, -0.15) is 0 Å². The van der Waals surface area contributed by atoms with E-state index in [-0.39, 0.29) is 24.8 Å². The van der Waals surface area contributed by atoms with E-state index in [0.717, 1.165) is 5.56 Å². The number of nitrogens with zero attached hydrogens (tertiary/aromatic N) is 1. The molecule has 0 radical (unpaired) electrons. The minimum absolute atomic E-state index is 0.00814. The second kappa shape index (κ2) is 6.41. The first-order chi connectivity index (χ1) is 12.1. The fraction of sp³-hybridized carbons (Fsp3) is 0.350. The van der Waals surface area contributed by atoms with Gasteiger partial charge in [0.15, 0.2) is 11.5 Å². The summed E-state index contributed by atoms with van der Waals surface area (Å²) in [6.45, 7) is 5.34. The molecule has 2 unspecified atom stereocenters. The Bertz CT molecular complexity index is 787. The molecule has 4 rings (SSSR count). The van der Waals surface area contributed by atoms with E-state index in [1.54, 1.807) is 18.2 Å². The van der Waals surface area contributed by atoms with Crippen LogP contribution in [0.5, 0.6) is 11.5 Å². The normalized spacial score (nSPS) is 22.1. The predicted molar refractivity (Wildman–Crippen MR) is 92.9 cm³/mol.